The highest BCUT2D eigenvalue weighted by molar-refractivity contribution is 5.81. The van der Waals surface area contributed by atoms with Gasteiger partial charge >= 0.3 is 0 Å². The zero-order chi connectivity index (χ0) is 13.8. The van der Waals surface area contributed by atoms with Crippen LogP contribution in [0.2, 0.25) is 0 Å². The molecule has 0 radical (unpaired) electrons. The molecule has 1 aromatic heterocycles. The van der Waals surface area contributed by atoms with Crippen molar-refractivity contribution in [2.75, 3.05) is 20.3 Å². The van der Waals surface area contributed by atoms with E-state index in [2.05, 4.69) is 41.6 Å². The molecule has 1 fully saturated rings. The molecule has 2 atom stereocenters. The molecule has 3 rings (SSSR count). The molecule has 1 aliphatic heterocycles. The molecule has 2 heterocycles. The zero-order valence-corrected chi connectivity index (χ0v) is 12.0. The van der Waals surface area contributed by atoms with Crippen molar-refractivity contribution in [1.29, 1.82) is 0 Å². The lowest BCUT2D eigenvalue weighted by Gasteiger charge is -2.20. The van der Waals surface area contributed by atoms with E-state index < -0.39 is 0 Å². The van der Waals surface area contributed by atoms with Gasteiger partial charge in [0, 0.05) is 30.8 Å². The maximum absolute atomic E-state index is 5.49. The first-order valence-electron chi connectivity index (χ1n) is 7.44. The number of aromatic nitrogens is 1. The van der Waals surface area contributed by atoms with E-state index in [1.807, 2.05) is 12.3 Å². The van der Waals surface area contributed by atoms with Crippen LogP contribution in [0.25, 0.3) is 10.9 Å². The molecular formula is C17H22N2O. The number of benzene rings is 1. The van der Waals surface area contributed by atoms with E-state index >= 15 is 0 Å². The number of fused-ring (bicyclic) bond motifs is 1. The molecule has 3 heteroatoms. The van der Waals surface area contributed by atoms with Gasteiger partial charge in [0.05, 0.1) is 5.52 Å². The summed E-state index contributed by atoms with van der Waals surface area (Å²) < 4.78 is 5.49. The molecule has 106 valence electrons. The first-order valence-corrected chi connectivity index (χ1v) is 7.44. The SMILES string of the molecule is CNC(Cc1ccnc2ccccc12)CC1CCOC1. The first kappa shape index (κ1) is 13.5. The van der Waals surface area contributed by atoms with Crippen LogP contribution in [0.4, 0.5) is 0 Å². The number of hydrogen-bond donors (Lipinski definition) is 1. The fourth-order valence-corrected chi connectivity index (χ4v) is 3.07. The van der Waals surface area contributed by atoms with Crippen LogP contribution in [0.15, 0.2) is 36.5 Å². The zero-order valence-electron chi connectivity index (χ0n) is 12.0. The minimum Gasteiger partial charge on any atom is -0.381 e. The van der Waals surface area contributed by atoms with Crippen molar-refractivity contribution >= 4 is 10.9 Å². The summed E-state index contributed by atoms with van der Waals surface area (Å²) in [6.07, 6.45) is 5.36. The Labute approximate surface area is 120 Å². The van der Waals surface area contributed by atoms with Gasteiger partial charge in [-0.1, -0.05) is 18.2 Å². The summed E-state index contributed by atoms with van der Waals surface area (Å²) in [5, 5.41) is 4.74. The predicted molar refractivity (Wildman–Crippen MR) is 81.8 cm³/mol. The Morgan fingerprint density at radius 1 is 1.35 bits per heavy atom. The first-order chi connectivity index (χ1) is 9.86. The van der Waals surface area contributed by atoms with Crippen LogP contribution in [-0.2, 0) is 11.2 Å². The van der Waals surface area contributed by atoms with Gasteiger partial charge in [0.25, 0.3) is 0 Å². The van der Waals surface area contributed by atoms with Gasteiger partial charge in [0.15, 0.2) is 0 Å². The van der Waals surface area contributed by atoms with E-state index in [1.165, 1.54) is 23.8 Å². The lowest BCUT2D eigenvalue weighted by Crippen LogP contribution is -2.30. The largest absolute Gasteiger partial charge is 0.381 e. The second-order valence-corrected chi connectivity index (χ2v) is 5.64. The van der Waals surface area contributed by atoms with Crippen LogP contribution in [0, 0.1) is 5.92 Å². The Balaban J connectivity index is 1.76. The fraction of sp³-hybridized carbons (Fsp3) is 0.471. The summed E-state index contributed by atoms with van der Waals surface area (Å²) in [7, 11) is 2.06. The summed E-state index contributed by atoms with van der Waals surface area (Å²) in [5.41, 5.74) is 2.47. The quantitative estimate of drug-likeness (QED) is 0.907. The highest BCUT2D eigenvalue weighted by Gasteiger charge is 2.20. The molecule has 1 saturated heterocycles. The molecule has 0 saturated carbocycles. The smallest absolute Gasteiger partial charge is 0.0704 e. The molecule has 2 unspecified atom stereocenters. The van der Waals surface area contributed by atoms with Gasteiger partial charge in [0.1, 0.15) is 0 Å². The second kappa shape index (κ2) is 6.33. The monoisotopic (exact) mass is 270 g/mol. The van der Waals surface area contributed by atoms with Crippen LogP contribution in [0.5, 0.6) is 0 Å². The molecule has 1 aromatic carbocycles. The standard InChI is InChI=1S/C17H22N2O/c1-18-15(10-13-7-9-20-12-13)11-14-6-8-19-17-5-3-2-4-16(14)17/h2-6,8,13,15,18H,7,9-12H2,1H3. The maximum atomic E-state index is 5.49. The third-order valence-corrected chi connectivity index (χ3v) is 4.26. The molecule has 0 bridgehead atoms. The van der Waals surface area contributed by atoms with Crippen molar-refractivity contribution in [3.63, 3.8) is 0 Å². The number of hydrogen-bond acceptors (Lipinski definition) is 3. The number of likely N-dealkylation sites (N-methyl/N-ethyl adjacent to an activating group) is 1. The van der Waals surface area contributed by atoms with Crippen LogP contribution in [-0.4, -0.2) is 31.3 Å². The van der Waals surface area contributed by atoms with Gasteiger partial charge in [-0.3, -0.25) is 4.98 Å². The molecule has 1 N–H and O–H groups in total. The van der Waals surface area contributed by atoms with Crippen LogP contribution in [0.3, 0.4) is 0 Å². The Bertz CT molecular complexity index is 558. The summed E-state index contributed by atoms with van der Waals surface area (Å²) in [4.78, 5) is 4.44. The van der Waals surface area contributed by atoms with E-state index in [4.69, 9.17) is 4.74 Å². The summed E-state index contributed by atoms with van der Waals surface area (Å²) in [6, 6.07) is 11.0. The Morgan fingerprint density at radius 3 is 3.05 bits per heavy atom. The lowest BCUT2D eigenvalue weighted by molar-refractivity contribution is 0.181. The van der Waals surface area contributed by atoms with E-state index in [0.29, 0.717) is 12.0 Å². The van der Waals surface area contributed by atoms with E-state index in [-0.39, 0.29) is 0 Å². The second-order valence-electron chi connectivity index (χ2n) is 5.64. The van der Waals surface area contributed by atoms with Gasteiger partial charge in [0.2, 0.25) is 0 Å². The molecule has 0 spiro atoms. The predicted octanol–water partition coefficient (Wildman–Crippen LogP) is 2.79. The minimum atomic E-state index is 0.507. The number of ether oxygens (including phenoxy) is 1. The van der Waals surface area contributed by atoms with Crippen molar-refractivity contribution in [3.05, 3.63) is 42.1 Å². The Kier molecular flexibility index (Phi) is 4.28. The van der Waals surface area contributed by atoms with Crippen molar-refractivity contribution < 1.29 is 4.74 Å². The van der Waals surface area contributed by atoms with Gasteiger partial charge in [-0.05, 0) is 49.9 Å². The maximum Gasteiger partial charge on any atom is 0.0704 e. The highest BCUT2D eigenvalue weighted by atomic mass is 16.5. The third-order valence-electron chi connectivity index (χ3n) is 4.26. The number of nitrogens with zero attached hydrogens (tertiary/aromatic N) is 1. The molecule has 20 heavy (non-hydrogen) atoms. The van der Waals surface area contributed by atoms with E-state index in [1.54, 1.807) is 0 Å². The lowest BCUT2D eigenvalue weighted by atomic mass is 9.93. The average Bonchev–Trinajstić information content (AvgIpc) is 3.00. The van der Waals surface area contributed by atoms with Crippen molar-refractivity contribution in [3.8, 4) is 0 Å². The van der Waals surface area contributed by atoms with Gasteiger partial charge in [-0.25, -0.2) is 0 Å². The van der Waals surface area contributed by atoms with E-state index in [0.717, 1.165) is 25.2 Å². The summed E-state index contributed by atoms with van der Waals surface area (Å²) in [6.45, 7) is 1.86. The van der Waals surface area contributed by atoms with Gasteiger partial charge < -0.3 is 10.1 Å². The van der Waals surface area contributed by atoms with Crippen LogP contribution < -0.4 is 5.32 Å². The molecule has 3 nitrogen and oxygen atoms in total. The fourth-order valence-electron chi connectivity index (χ4n) is 3.07. The Hall–Kier alpha value is -1.45. The average molecular weight is 270 g/mol. The summed E-state index contributed by atoms with van der Waals surface area (Å²) in [5.74, 6) is 0.709. The van der Waals surface area contributed by atoms with Crippen LogP contribution in [0.1, 0.15) is 18.4 Å². The summed E-state index contributed by atoms with van der Waals surface area (Å²) >= 11 is 0. The molecule has 1 aliphatic rings. The topological polar surface area (TPSA) is 34.2 Å². The number of pyridine rings is 1. The normalized spacial score (nSPS) is 20.4. The van der Waals surface area contributed by atoms with Crippen LogP contribution >= 0.6 is 0 Å². The van der Waals surface area contributed by atoms with E-state index in [9.17, 15) is 0 Å². The third kappa shape index (κ3) is 3.00. The van der Waals surface area contributed by atoms with Crippen molar-refractivity contribution in [2.45, 2.75) is 25.3 Å². The molecular weight excluding hydrogens is 248 g/mol. The molecule has 0 aliphatic carbocycles. The number of para-hydroxylation sites is 1. The number of nitrogens with one attached hydrogen (secondary N) is 1. The van der Waals surface area contributed by atoms with Gasteiger partial charge in [-0.15, -0.1) is 0 Å². The van der Waals surface area contributed by atoms with Crippen molar-refractivity contribution in [2.24, 2.45) is 5.92 Å². The molecule has 2 aromatic rings. The number of rotatable bonds is 5. The highest BCUT2D eigenvalue weighted by Crippen LogP contribution is 2.22. The van der Waals surface area contributed by atoms with Gasteiger partial charge in [-0.2, -0.15) is 0 Å². The molecule has 0 amide bonds. The van der Waals surface area contributed by atoms with Crippen molar-refractivity contribution in [1.82, 2.24) is 10.3 Å². The Morgan fingerprint density at radius 2 is 2.25 bits per heavy atom. The minimum absolute atomic E-state index is 0.507.